The molecule has 1 rings (SSSR count). The third kappa shape index (κ3) is 3.96. The van der Waals surface area contributed by atoms with Gasteiger partial charge in [-0.2, -0.15) is 0 Å². The Hall–Kier alpha value is -1.45. The summed E-state index contributed by atoms with van der Waals surface area (Å²) in [5, 5.41) is 17.6. The number of hydrogen-bond acceptors (Lipinski definition) is 9. The molecule has 1 unspecified atom stereocenters. The van der Waals surface area contributed by atoms with Crippen LogP contribution in [-0.4, -0.2) is 35.8 Å². The molecule has 1 heterocycles. The average Bonchev–Trinajstić information content (AvgIpc) is 2.10. The molecular formula is C4H7N2O9P. The van der Waals surface area contributed by atoms with E-state index in [4.69, 9.17) is 0 Å². The molecule has 1 aliphatic heterocycles. The molecule has 1 aliphatic rings. The van der Waals surface area contributed by atoms with Crippen LogP contribution in [0.1, 0.15) is 0 Å². The monoisotopic (exact) mass is 258 g/mol. The molecule has 92 valence electrons. The normalized spacial score (nSPS) is 19.2. The minimum Gasteiger partial charge on any atom is -0.312 e. The fraction of sp³-hybridized carbons (Fsp3) is 1.00. The summed E-state index contributed by atoms with van der Waals surface area (Å²) >= 11 is 0. The zero-order valence-electron chi connectivity index (χ0n) is 7.71. The molecule has 12 heteroatoms. The molecule has 11 nitrogen and oxygen atoms in total. The Bertz CT molecular complexity index is 323. The van der Waals surface area contributed by atoms with Crippen LogP contribution >= 0.6 is 7.60 Å². The second-order valence-electron chi connectivity index (χ2n) is 2.64. The van der Waals surface area contributed by atoms with Crippen molar-refractivity contribution < 1.29 is 33.5 Å². The summed E-state index contributed by atoms with van der Waals surface area (Å²) in [5.74, 6) is 0. The van der Waals surface area contributed by atoms with Gasteiger partial charge in [0, 0.05) is 0 Å². The van der Waals surface area contributed by atoms with E-state index < -0.39 is 36.6 Å². The minimum absolute atomic E-state index is 0.182. The van der Waals surface area contributed by atoms with E-state index in [1.54, 1.807) is 0 Å². The summed E-state index contributed by atoms with van der Waals surface area (Å²) < 4.78 is 20.4. The predicted molar refractivity (Wildman–Crippen MR) is 44.3 cm³/mol. The number of hydrogen-bond donors (Lipinski definition) is 0. The van der Waals surface area contributed by atoms with E-state index in [1.807, 2.05) is 0 Å². The van der Waals surface area contributed by atoms with Gasteiger partial charge in [0.05, 0.1) is 6.16 Å². The summed E-state index contributed by atoms with van der Waals surface area (Å²) in [6, 6.07) is 0. The van der Waals surface area contributed by atoms with E-state index in [-0.39, 0.29) is 6.79 Å². The van der Waals surface area contributed by atoms with E-state index in [1.165, 1.54) is 0 Å². The lowest BCUT2D eigenvalue weighted by atomic mass is 10.4. The van der Waals surface area contributed by atoms with Crippen LogP contribution in [0.4, 0.5) is 0 Å². The lowest BCUT2D eigenvalue weighted by molar-refractivity contribution is -0.788. The maximum absolute atomic E-state index is 11.3. The van der Waals surface area contributed by atoms with Gasteiger partial charge in [0.25, 0.3) is 10.2 Å². The lowest BCUT2D eigenvalue weighted by Gasteiger charge is -2.28. The van der Waals surface area contributed by atoms with Gasteiger partial charge >= 0.3 is 7.60 Å². The molecule has 0 spiro atoms. The zero-order chi connectivity index (χ0) is 12.2. The first-order valence-corrected chi connectivity index (χ1v) is 5.61. The van der Waals surface area contributed by atoms with E-state index in [0.29, 0.717) is 0 Å². The van der Waals surface area contributed by atoms with Gasteiger partial charge < -0.3 is 9.68 Å². The molecule has 0 bridgehead atoms. The van der Waals surface area contributed by atoms with Gasteiger partial charge in [0.2, 0.25) is 0 Å². The smallest absolute Gasteiger partial charge is 0.312 e. The van der Waals surface area contributed by atoms with Crippen LogP contribution in [0.5, 0.6) is 0 Å². The van der Waals surface area contributed by atoms with Gasteiger partial charge in [-0.15, -0.1) is 20.2 Å². The molecular weight excluding hydrogens is 251 g/mol. The molecule has 0 aromatic carbocycles. The molecule has 0 radical (unpaired) electrons. The predicted octanol–water partition coefficient (Wildman–Crippen LogP) is -0.0310. The van der Waals surface area contributed by atoms with Gasteiger partial charge in [-0.1, -0.05) is 0 Å². The van der Waals surface area contributed by atoms with Crippen molar-refractivity contribution in [2.24, 2.45) is 0 Å². The van der Waals surface area contributed by atoms with Gasteiger partial charge in [-0.25, -0.2) is 0 Å². The summed E-state index contributed by atoms with van der Waals surface area (Å²) in [7, 11) is -3.40. The fourth-order valence-electron chi connectivity index (χ4n) is 0.907. The highest BCUT2D eigenvalue weighted by molar-refractivity contribution is 7.54. The largest absolute Gasteiger partial charge is 0.337 e. The number of nitrogens with zero attached hydrogens (tertiary/aromatic N) is 2. The molecule has 0 saturated carbocycles. The Labute approximate surface area is 88.0 Å². The Morgan fingerprint density at radius 2 is 1.94 bits per heavy atom. The molecule has 0 aromatic heterocycles. The third-order valence-corrected chi connectivity index (χ3v) is 3.38. The average molecular weight is 258 g/mol. The highest BCUT2D eigenvalue weighted by Gasteiger charge is 2.38. The Balaban J connectivity index is 2.45. The topological polar surface area (TPSA) is 140 Å². The highest BCUT2D eigenvalue weighted by atomic mass is 31.2. The van der Waals surface area contributed by atoms with Crippen molar-refractivity contribution in [3.63, 3.8) is 0 Å². The van der Waals surface area contributed by atoms with E-state index in [0.717, 1.165) is 0 Å². The van der Waals surface area contributed by atoms with Crippen LogP contribution < -0.4 is 0 Å². The fourth-order valence-corrected chi connectivity index (χ4v) is 2.13. The first kappa shape index (κ1) is 12.6. The highest BCUT2D eigenvalue weighted by Crippen LogP contribution is 2.56. The van der Waals surface area contributed by atoms with Crippen LogP contribution in [0.3, 0.4) is 0 Å². The van der Waals surface area contributed by atoms with E-state index in [2.05, 4.69) is 18.7 Å². The van der Waals surface area contributed by atoms with Crippen molar-refractivity contribution >= 4 is 7.60 Å². The molecule has 0 aliphatic carbocycles. The van der Waals surface area contributed by atoms with Gasteiger partial charge in [-0.05, 0) is 0 Å². The van der Waals surface area contributed by atoms with Crippen LogP contribution in [0.15, 0.2) is 0 Å². The first-order chi connectivity index (χ1) is 7.41. The van der Waals surface area contributed by atoms with Crippen molar-refractivity contribution in [3.05, 3.63) is 20.2 Å². The lowest BCUT2D eigenvalue weighted by Crippen LogP contribution is -2.30. The molecule has 0 aromatic rings. The van der Waals surface area contributed by atoms with Crippen LogP contribution in [0.25, 0.3) is 0 Å². The van der Waals surface area contributed by atoms with E-state index >= 15 is 0 Å². The van der Waals surface area contributed by atoms with Gasteiger partial charge in [-0.3, -0.25) is 13.6 Å². The molecule has 1 fully saturated rings. The van der Waals surface area contributed by atoms with Crippen molar-refractivity contribution in [3.8, 4) is 0 Å². The summed E-state index contributed by atoms with van der Waals surface area (Å²) in [4.78, 5) is 27.8. The summed E-state index contributed by atoms with van der Waals surface area (Å²) in [6.07, 6.45) is -1.87. The third-order valence-electron chi connectivity index (χ3n) is 1.53. The van der Waals surface area contributed by atoms with E-state index in [9.17, 15) is 24.8 Å². The molecule has 0 amide bonds. The zero-order valence-corrected chi connectivity index (χ0v) is 8.61. The minimum atomic E-state index is -3.40. The molecule has 0 N–H and O–H groups in total. The van der Waals surface area contributed by atoms with Gasteiger partial charge in [0.1, 0.15) is 12.7 Å². The second-order valence-corrected chi connectivity index (χ2v) is 4.74. The van der Waals surface area contributed by atoms with Crippen molar-refractivity contribution in [2.45, 2.75) is 6.10 Å². The summed E-state index contributed by atoms with van der Waals surface area (Å²) in [5.41, 5.74) is 0. The first-order valence-electron chi connectivity index (χ1n) is 3.88. The Kier molecular flexibility index (Phi) is 3.99. The van der Waals surface area contributed by atoms with Crippen LogP contribution in [-0.2, 0) is 23.3 Å². The molecule has 16 heavy (non-hydrogen) atoms. The Morgan fingerprint density at radius 3 is 2.31 bits per heavy atom. The standard InChI is InChI=1S/C4H7N2O9P/c7-5(8)12-1-4(15-6(9)10)2-16(11)13-3-14-16/h4H,1-3H2. The molecule has 1 saturated heterocycles. The van der Waals surface area contributed by atoms with Crippen LogP contribution in [0, 0.1) is 20.2 Å². The van der Waals surface area contributed by atoms with Crippen LogP contribution in [0.2, 0.25) is 0 Å². The van der Waals surface area contributed by atoms with Crippen molar-refractivity contribution in [2.75, 3.05) is 19.6 Å². The van der Waals surface area contributed by atoms with Crippen molar-refractivity contribution in [1.82, 2.24) is 0 Å². The summed E-state index contributed by atoms with van der Waals surface area (Å²) in [6.45, 7) is -0.913. The Morgan fingerprint density at radius 1 is 1.31 bits per heavy atom. The van der Waals surface area contributed by atoms with Gasteiger partial charge in [0.15, 0.2) is 6.79 Å². The maximum Gasteiger partial charge on any atom is 0.337 e. The maximum atomic E-state index is 11.3. The SMILES string of the molecule is O=[N+]([O-])OCC(CP1(=O)OCO1)O[N+](=O)[O-]. The second kappa shape index (κ2) is 5.05. The van der Waals surface area contributed by atoms with Crippen molar-refractivity contribution in [1.29, 1.82) is 0 Å². The number of rotatable bonds is 7. The molecule has 1 atom stereocenters. The quantitative estimate of drug-likeness (QED) is 0.349.